The summed E-state index contributed by atoms with van der Waals surface area (Å²) in [5, 5.41) is 3.39. The Morgan fingerprint density at radius 2 is 2.10 bits per heavy atom. The van der Waals surface area contributed by atoms with E-state index in [2.05, 4.69) is 45.1 Å². The highest BCUT2D eigenvalue weighted by Crippen LogP contribution is 2.19. The predicted molar refractivity (Wildman–Crippen MR) is 89.2 cm³/mol. The van der Waals surface area contributed by atoms with E-state index < -0.39 is 0 Å². The van der Waals surface area contributed by atoms with Gasteiger partial charge in [-0.15, -0.1) is 0 Å². The second-order valence-corrected chi connectivity index (χ2v) is 7.02. The van der Waals surface area contributed by atoms with Crippen molar-refractivity contribution < 1.29 is 4.39 Å². The average Bonchev–Trinajstić information content (AvgIpc) is 2.41. The Balaban J connectivity index is 1.99. The first-order valence-electron chi connectivity index (χ1n) is 7.49. The highest BCUT2D eigenvalue weighted by atomic mass is 79.9. The molecule has 0 aliphatic carbocycles. The van der Waals surface area contributed by atoms with Gasteiger partial charge in [0.15, 0.2) is 0 Å². The largest absolute Gasteiger partial charge is 0.317 e. The van der Waals surface area contributed by atoms with Crippen molar-refractivity contribution >= 4 is 15.9 Å². The number of hydrogen-bond donors (Lipinski definition) is 1. The Kier molecular flexibility index (Phi) is 6.17. The van der Waals surface area contributed by atoms with Gasteiger partial charge in [0.25, 0.3) is 0 Å². The van der Waals surface area contributed by atoms with Crippen LogP contribution in [0, 0.1) is 5.82 Å². The summed E-state index contributed by atoms with van der Waals surface area (Å²) in [5.41, 5.74) is 1.04. The van der Waals surface area contributed by atoms with Crippen LogP contribution in [0.1, 0.15) is 12.0 Å². The highest BCUT2D eigenvalue weighted by Gasteiger charge is 2.24. The Morgan fingerprint density at radius 1 is 1.33 bits per heavy atom. The molecule has 21 heavy (non-hydrogen) atoms. The second kappa shape index (κ2) is 7.68. The molecule has 0 spiro atoms. The Labute approximate surface area is 135 Å². The van der Waals surface area contributed by atoms with Gasteiger partial charge in [0.2, 0.25) is 0 Å². The van der Waals surface area contributed by atoms with Gasteiger partial charge in [0.05, 0.1) is 0 Å². The first kappa shape index (κ1) is 16.9. The van der Waals surface area contributed by atoms with Gasteiger partial charge in [-0.3, -0.25) is 0 Å². The molecule has 1 fully saturated rings. The maximum absolute atomic E-state index is 13.5. The number of hydrogen-bond acceptors (Lipinski definition) is 3. The minimum atomic E-state index is -0.177. The first-order valence-corrected chi connectivity index (χ1v) is 8.28. The van der Waals surface area contributed by atoms with Crippen LogP contribution in [0.4, 0.5) is 4.39 Å². The summed E-state index contributed by atoms with van der Waals surface area (Å²) in [6, 6.07) is 6.05. The smallest absolute Gasteiger partial charge is 0.124 e. The number of piperazine rings is 1. The lowest BCUT2D eigenvalue weighted by Gasteiger charge is -2.39. The quantitative estimate of drug-likeness (QED) is 0.872. The van der Waals surface area contributed by atoms with Gasteiger partial charge in [-0.05, 0) is 57.7 Å². The molecule has 1 saturated heterocycles. The molecule has 1 aliphatic rings. The summed E-state index contributed by atoms with van der Waals surface area (Å²) in [7, 11) is 6.37. The molecule has 3 nitrogen and oxygen atoms in total. The summed E-state index contributed by atoms with van der Waals surface area (Å²) in [5.74, 6) is -0.177. The lowest BCUT2D eigenvalue weighted by Crippen LogP contribution is -2.52. The summed E-state index contributed by atoms with van der Waals surface area (Å²) in [4.78, 5) is 4.82. The topological polar surface area (TPSA) is 18.5 Å². The van der Waals surface area contributed by atoms with Crippen LogP contribution in [-0.4, -0.2) is 62.7 Å². The molecule has 2 atom stereocenters. The van der Waals surface area contributed by atoms with Gasteiger partial charge in [0, 0.05) is 36.2 Å². The second-order valence-electron chi connectivity index (χ2n) is 6.10. The number of likely N-dealkylation sites (N-methyl/N-ethyl adjacent to an activating group) is 3. The van der Waals surface area contributed by atoms with Crippen molar-refractivity contribution in [2.24, 2.45) is 0 Å². The number of rotatable bonds is 5. The standard InChI is InChI=1S/C16H25BrFN3/c1-19-15(8-12-6-13(17)9-14(18)7-12)10-16-11-20(2)4-5-21(16)3/h6-7,9,15-16,19H,4-5,8,10-11H2,1-3H3. The van der Waals surface area contributed by atoms with Crippen LogP contribution in [0.15, 0.2) is 22.7 Å². The Bertz CT molecular complexity index is 449. The fourth-order valence-electron chi connectivity index (χ4n) is 3.00. The van der Waals surface area contributed by atoms with E-state index in [0.29, 0.717) is 12.1 Å². The van der Waals surface area contributed by atoms with Crippen molar-refractivity contribution in [2.75, 3.05) is 40.8 Å². The van der Waals surface area contributed by atoms with Crippen LogP contribution in [0.3, 0.4) is 0 Å². The third kappa shape index (κ3) is 5.02. The van der Waals surface area contributed by atoms with Gasteiger partial charge in [0.1, 0.15) is 5.82 Å². The molecular formula is C16H25BrFN3. The molecule has 1 heterocycles. The maximum Gasteiger partial charge on any atom is 0.124 e. The Morgan fingerprint density at radius 3 is 2.76 bits per heavy atom. The molecule has 1 N–H and O–H groups in total. The van der Waals surface area contributed by atoms with Crippen molar-refractivity contribution in [3.8, 4) is 0 Å². The van der Waals surface area contributed by atoms with E-state index in [1.165, 1.54) is 6.07 Å². The fourth-order valence-corrected chi connectivity index (χ4v) is 3.51. The van der Waals surface area contributed by atoms with Gasteiger partial charge in [-0.2, -0.15) is 0 Å². The van der Waals surface area contributed by atoms with Gasteiger partial charge < -0.3 is 15.1 Å². The van der Waals surface area contributed by atoms with E-state index in [-0.39, 0.29) is 5.82 Å². The average molecular weight is 358 g/mol. The maximum atomic E-state index is 13.5. The van der Waals surface area contributed by atoms with Gasteiger partial charge in [-0.1, -0.05) is 15.9 Å². The molecule has 2 rings (SSSR count). The number of nitrogens with zero attached hydrogens (tertiary/aromatic N) is 2. The first-order chi connectivity index (χ1) is 9.97. The van der Waals surface area contributed by atoms with E-state index in [1.54, 1.807) is 6.07 Å². The molecule has 5 heteroatoms. The lowest BCUT2D eigenvalue weighted by molar-refractivity contribution is 0.102. The summed E-state index contributed by atoms with van der Waals surface area (Å²) < 4.78 is 14.3. The fraction of sp³-hybridized carbons (Fsp3) is 0.625. The molecule has 1 aromatic rings. The van der Waals surface area contributed by atoms with Crippen molar-refractivity contribution in [1.29, 1.82) is 0 Å². The lowest BCUT2D eigenvalue weighted by atomic mass is 9.97. The molecule has 1 aliphatic heterocycles. The zero-order chi connectivity index (χ0) is 15.4. The third-order valence-electron chi connectivity index (χ3n) is 4.35. The van der Waals surface area contributed by atoms with E-state index in [4.69, 9.17) is 0 Å². The molecule has 118 valence electrons. The summed E-state index contributed by atoms with van der Waals surface area (Å²) in [6.45, 7) is 3.35. The van der Waals surface area contributed by atoms with Crippen molar-refractivity contribution in [1.82, 2.24) is 15.1 Å². The molecule has 2 unspecified atom stereocenters. The van der Waals surface area contributed by atoms with E-state index in [1.807, 2.05) is 13.1 Å². The van der Waals surface area contributed by atoms with Crippen molar-refractivity contribution in [2.45, 2.75) is 24.9 Å². The van der Waals surface area contributed by atoms with E-state index in [0.717, 1.165) is 42.5 Å². The van der Waals surface area contributed by atoms with Crippen LogP contribution in [0.5, 0.6) is 0 Å². The van der Waals surface area contributed by atoms with Crippen molar-refractivity contribution in [3.05, 3.63) is 34.1 Å². The number of nitrogens with one attached hydrogen (secondary N) is 1. The monoisotopic (exact) mass is 357 g/mol. The SMILES string of the molecule is CNC(Cc1cc(F)cc(Br)c1)CC1CN(C)CCN1C. The highest BCUT2D eigenvalue weighted by molar-refractivity contribution is 9.10. The summed E-state index contributed by atoms with van der Waals surface area (Å²) in [6.07, 6.45) is 1.92. The molecular weight excluding hydrogens is 333 g/mol. The minimum Gasteiger partial charge on any atom is -0.317 e. The van der Waals surface area contributed by atoms with E-state index >= 15 is 0 Å². The zero-order valence-electron chi connectivity index (χ0n) is 13.1. The van der Waals surface area contributed by atoms with E-state index in [9.17, 15) is 4.39 Å². The normalized spacial score (nSPS) is 22.4. The number of halogens is 2. The van der Waals surface area contributed by atoms with Gasteiger partial charge in [-0.25, -0.2) is 4.39 Å². The number of benzene rings is 1. The molecule has 0 bridgehead atoms. The van der Waals surface area contributed by atoms with Crippen LogP contribution in [-0.2, 0) is 6.42 Å². The molecule has 0 aromatic heterocycles. The predicted octanol–water partition coefficient (Wildman–Crippen LogP) is 2.35. The molecule has 0 amide bonds. The van der Waals surface area contributed by atoms with Crippen LogP contribution in [0.25, 0.3) is 0 Å². The van der Waals surface area contributed by atoms with Crippen LogP contribution < -0.4 is 5.32 Å². The Hall–Kier alpha value is -0.490. The minimum absolute atomic E-state index is 0.177. The molecule has 0 radical (unpaired) electrons. The van der Waals surface area contributed by atoms with Crippen molar-refractivity contribution in [3.63, 3.8) is 0 Å². The third-order valence-corrected chi connectivity index (χ3v) is 4.81. The van der Waals surface area contributed by atoms with Gasteiger partial charge >= 0.3 is 0 Å². The summed E-state index contributed by atoms with van der Waals surface area (Å²) >= 11 is 3.37. The molecule has 0 saturated carbocycles. The molecule has 1 aromatic carbocycles. The zero-order valence-corrected chi connectivity index (χ0v) is 14.7. The van der Waals surface area contributed by atoms with Crippen LogP contribution in [0.2, 0.25) is 0 Å². The van der Waals surface area contributed by atoms with Crippen LogP contribution >= 0.6 is 15.9 Å².